The van der Waals surface area contributed by atoms with Crippen molar-refractivity contribution < 1.29 is 15.0 Å². The monoisotopic (exact) mass is 348 g/mol. The zero-order chi connectivity index (χ0) is 15.2. The third-order valence-electron chi connectivity index (χ3n) is 2.73. The van der Waals surface area contributed by atoms with Gasteiger partial charge in [-0.05, 0) is 23.8 Å². The van der Waals surface area contributed by atoms with Crippen LogP contribution in [0.3, 0.4) is 0 Å². The van der Waals surface area contributed by atoms with E-state index in [1.807, 2.05) is 0 Å². The molecule has 2 rings (SSSR count). The topological polar surface area (TPSA) is 81.9 Å². The highest BCUT2D eigenvalue weighted by Gasteiger charge is 2.15. The van der Waals surface area contributed by atoms with E-state index in [4.69, 9.17) is 0 Å². The Kier molecular flexibility index (Phi) is 5.08. The van der Waals surface area contributed by atoms with E-state index in [1.54, 1.807) is 42.5 Å². The van der Waals surface area contributed by atoms with Gasteiger partial charge in [-0.2, -0.15) is 5.10 Å². The van der Waals surface area contributed by atoms with Crippen molar-refractivity contribution in [1.29, 1.82) is 0 Å². The van der Waals surface area contributed by atoms with E-state index in [9.17, 15) is 15.0 Å². The van der Waals surface area contributed by atoms with Crippen molar-refractivity contribution in [3.63, 3.8) is 0 Å². The van der Waals surface area contributed by atoms with Gasteiger partial charge < -0.3 is 10.2 Å². The van der Waals surface area contributed by atoms with Crippen LogP contribution in [0.4, 0.5) is 0 Å². The molecule has 0 unspecified atom stereocenters. The van der Waals surface area contributed by atoms with E-state index in [0.717, 1.165) is 4.47 Å². The Hall–Kier alpha value is -2.18. The van der Waals surface area contributed by atoms with E-state index >= 15 is 0 Å². The van der Waals surface area contributed by atoms with Gasteiger partial charge in [0.25, 0.3) is 5.91 Å². The number of rotatable bonds is 4. The molecule has 0 aromatic heterocycles. The zero-order valence-electron chi connectivity index (χ0n) is 10.9. The predicted molar refractivity (Wildman–Crippen MR) is 82.9 cm³/mol. The highest BCUT2D eigenvalue weighted by Crippen LogP contribution is 2.20. The number of phenols is 1. The molecular formula is C15H13BrN2O3. The minimum Gasteiger partial charge on any atom is -0.507 e. The summed E-state index contributed by atoms with van der Waals surface area (Å²) in [6.45, 7) is 0. The van der Waals surface area contributed by atoms with Crippen LogP contribution in [0.25, 0.3) is 0 Å². The summed E-state index contributed by atoms with van der Waals surface area (Å²) in [5, 5.41) is 23.2. The van der Waals surface area contributed by atoms with Crippen molar-refractivity contribution >= 4 is 28.1 Å². The molecule has 0 bridgehead atoms. The van der Waals surface area contributed by atoms with Gasteiger partial charge in [0.2, 0.25) is 0 Å². The summed E-state index contributed by atoms with van der Waals surface area (Å²) in [4.78, 5) is 11.7. The maximum Gasteiger partial charge on any atom is 0.273 e. The van der Waals surface area contributed by atoms with Crippen LogP contribution >= 0.6 is 15.9 Å². The van der Waals surface area contributed by atoms with Crippen LogP contribution in [0.1, 0.15) is 17.2 Å². The number of nitrogens with one attached hydrogen (secondary N) is 1. The van der Waals surface area contributed by atoms with Crippen LogP contribution in [0, 0.1) is 0 Å². The highest BCUT2D eigenvalue weighted by molar-refractivity contribution is 9.10. The van der Waals surface area contributed by atoms with Gasteiger partial charge in [0.1, 0.15) is 5.75 Å². The minimum absolute atomic E-state index is 0.0415. The van der Waals surface area contributed by atoms with Gasteiger partial charge in [-0.15, -0.1) is 0 Å². The number of benzene rings is 2. The normalized spacial score (nSPS) is 12.3. The van der Waals surface area contributed by atoms with Crippen LogP contribution in [-0.4, -0.2) is 22.3 Å². The van der Waals surface area contributed by atoms with Gasteiger partial charge in [-0.25, -0.2) is 5.43 Å². The largest absolute Gasteiger partial charge is 0.507 e. The van der Waals surface area contributed by atoms with Crippen LogP contribution in [0.2, 0.25) is 0 Å². The molecule has 0 aliphatic rings. The average molecular weight is 349 g/mol. The molecule has 0 aliphatic carbocycles. The molecule has 0 aliphatic heterocycles. The van der Waals surface area contributed by atoms with Gasteiger partial charge in [-0.1, -0.05) is 46.3 Å². The Morgan fingerprint density at radius 2 is 1.95 bits per heavy atom. The Labute approximate surface area is 130 Å². The lowest BCUT2D eigenvalue weighted by Crippen LogP contribution is -2.25. The number of halogens is 1. The van der Waals surface area contributed by atoms with Crippen LogP contribution in [-0.2, 0) is 4.79 Å². The number of amides is 1. The summed E-state index contributed by atoms with van der Waals surface area (Å²) in [7, 11) is 0. The number of carbonyl (C=O) groups excluding carboxylic acids is 1. The van der Waals surface area contributed by atoms with Gasteiger partial charge in [-0.3, -0.25) is 4.79 Å². The van der Waals surface area contributed by atoms with Crippen LogP contribution < -0.4 is 5.43 Å². The van der Waals surface area contributed by atoms with Gasteiger partial charge in [0.15, 0.2) is 6.10 Å². The Morgan fingerprint density at radius 1 is 1.24 bits per heavy atom. The molecule has 1 atom stereocenters. The zero-order valence-corrected chi connectivity index (χ0v) is 12.5. The molecule has 3 N–H and O–H groups in total. The lowest BCUT2D eigenvalue weighted by Gasteiger charge is -2.08. The number of hydrogen-bond donors (Lipinski definition) is 3. The molecule has 0 radical (unpaired) electrons. The summed E-state index contributed by atoms with van der Waals surface area (Å²) >= 11 is 3.27. The van der Waals surface area contributed by atoms with Crippen LogP contribution in [0.15, 0.2) is 58.1 Å². The average Bonchev–Trinajstić information content (AvgIpc) is 2.50. The lowest BCUT2D eigenvalue weighted by atomic mass is 10.1. The van der Waals surface area contributed by atoms with Gasteiger partial charge in [0, 0.05) is 10.0 Å². The molecule has 5 nitrogen and oxygen atoms in total. The van der Waals surface area contributed by atoms with Gasteiger partial charge in [0.05, 0.1) is 6.21 Å². The number of aromatic hydroxyl groups is 1. The quantitative estimate of drug-likeness (QED) is 0.585. The summed E-state index contributed by atoms with van der Waals surface area (Å²) in [6, 6.07) is 13.4. The second kappa shape index (κ2) is 7.01. The fraction of sp³-hybridized carbons (Fsp3) is 0.0667. The van der Waals surface area contributed by atoms with Crippen molar-refractivity contribution in [2.45, 2.75) is 6.10 Å². The third kappa shape index (κ3) is 4.14. The van der Waals surface area contributed by atoms with Crippen molar-refractivity contribution in [3.8, 4) is 5.75 Å². The Bertz CT molecular complexity index is 659. The molecule has 0 heterocycles. The van der Waals surface area contributed by atoms with E-state index < -0.39 is 12.0 Å². The fourth-order valence-electron chi connectivity index (χ4n) is 1.64. The standard InChI is InChI=1S/C15H13BrN2O3/c16-12-6-7-13(19)11(8-12)9-17-18-15(21)14(20)10-4-2-1-3-5-10/h1-9,14,19-20H,(H,18,21)/b17-9-/t14-/m0/s1. The maximum atomic E-state index is 11.7. The fourth-order valence-corrected chi connectivity index (χ4v) is 2.02. The minimum atomic E-state index is -1.29. The summed E-state index contributed by atoms with van der Waals surface area (Å²) in [5.41, 5.74) is 3.16. The van der Waals surface area contributed by atoms with E-state index in [2.05, 4.69) is 26.5 Å². The second-order valence-corrected chi connectivity index (χ2v) is 5.17. The number of phenolic OH excluding ortho intramolecular Hbond substituents is 1. The molecule has 0 fully saturated rings. The Balaban J connectivity index is 2.01. The Morgan fingerprint density at radius 3 is 2.67 bits per heavy atom. The van der Waals surface area contributed by atoms with Crippen molar-refractivity contribution in [3.05, 3.63) is 64.1 Å². The summed E-state index contributed by atoms with van der Waals surface area (Å²) < 4.78 is 0.775. The maximum absolute atomic E-state index is 11.7. The summed E-state index contributed by atoms with van der Waals surface area (Å²) in [6.07, 6.45) is 0.00913. The number of aliphatic hydroxyl groups excluding tert-OH is 1. The molecule has 6 heteroatoms. The van der Waals surface area contributed by atoms with Gasteiger partial charge >= 0.3 is 0 Å². The predicted octanol–water partition coefficient (Wildman–Crippen LogP) is 2.34. The number of hydrogen-bond acceptors (Lipinski definition) is 4. The first kappa shape index (κ1) is 15.2. The van der Waals surface area contributed by atoms with Crippen molar-refractivity contribution in [1.82, 2.24) is 5.43 Å². The number of aliphatic hydroxyl groups is 1. The second-order valence-electron chi connectivity index (χ2n) is 4.25. The summed E-state index contributed by atoms with van der Waals surface area (Å²) in [5.74, 6) is -0.605. The van der Waals surface area contributed by atoms with Crippen LogP contribution in [0.5, 0.6) is 5.75 Å². The lowest BCUT2D eigenvalue weighted by molar-refractivity contribution is -0.129. The SMILES string of the molecule is O=C(N/N=C\c1cc(Br)ccc1O)[C@@H](O)c1ccccc1. The van der Waals surface area contributed by atoms with E-state index in [1.165, 1.54) is 12.3 Å². The van der Waals surface area contributed by atoms with E-state index in [-0.39, 0.29) is 5.75 Å². The van der Waals surface area contributed by atoms with Crippen molar-refractivity contribution in [2.24, 2.45) is 5.10 Å². The van der Waals surface area contributed by atoms with E-state index in [0.29, 0.717) is 11.1 Å². The number of carbonyl (C=O) groups is 1. The number of nitrogens with zero attached hydrogens (tertiary/aromatic N) is 1. The molecular weight excluding hydrogens is 336 g/mol. The molecule has 0 saturated heterocycles. The first-order valence-electron chi connectivity index (χ1n) is 6.12. The molecule has 0 spiro atoms. The first-order chi connectivity index (χ1) is 10.1. The highest BCUT2D eigenvalue weighted by atomic mass is 79.9. The molecule has 21 heavy (non-hydrogen) atoms. The molecule has 1 amide bonds. The number of hydrazone groups is 1. The first-order valence-corrected chi connectivity index (χ1v) is 6.91. The molecule has 2 aromatic carbocycles. The molecule has 108 valence electrons. The third-order valence-corrected chi connectivity index (χ3v) is 3.22. The molecule has 2 aromatic rings. The molecule has 0 saturated carbocycles. The smallest absolute Gasteiger partial charge is 0.273 e. The van der Waals surface area contributed by atoms with Crippen molar-refractivity contribution in [2.75, 3.05) is 0 Å².